The predicted octanol–water partition coefficient (Wildman–Crippen LogP) is 2.81. The second-order valence-corrected chi connectivity index (χ2v) is 6.16. The van der Waals surface area contributed by atoms with Gasteiger partial charge in [0.1, 0.15) is 0 Å². The summed E-state index contributed by atoms with van der Waals surface area (Å²) in [5.74, 6) is 0. The summed E-state index contributed by atoms with van der Waals surface area (Å²) in [4.78, 5) is 0. The topological polar surface area (TPSA) is 66.5 Å². The molecule has 0 radical (unpaired) electrons. The van der Waals surface area contributed by atoms with Gasteiger partial charge in [-0.25, -0.2) is 0 Å². The average Bonchev–Trinajstić information content (AvgIpc) is 2.53. The summed E-state index contributed by atoms with van der Waals surface area (Å²) < 4.78 is 0. The number of rotatable bonds is 11. The summed E-state index contributed by atoms with van der Waals surface area (Å²) in [7, 11) is 0. The van der Waals surface area contributed by atoms with E-state index in [-0.39, 0.29) is 13.2 Å². The van der Waals surface area contributed by atoms with E-state index in [2.05, 4.69) is 31.2 Å². The molecule has 0 saturated heterocycles. The molecular formula is C18H31NO2. The van der Waals surface area contributed by atoms with Gasteiger partial charge in [-0.15, -0.1) is 0 Å². The van der Waals surface area contributed by atoms with Gasteiger partial charge in [0.25, 0.3) is 0 Å². The Labute approximate surface area is 129 Å². The normalized spacial score (nSPS) is 11.8. The Balaban J connectivity index is 2.33. The molecule has 4 N–H and O–H groups in total. The van der Waals surface area contributed by atoms with E-state index in [0.717, 1.165) is 12.8 Å². The molecule has 1 aromatic carbocycles. The zero-order valence-corrected chi connectivity index (χ0v) is 13.4. The van der Waals surface area contributed by atoms with Gasteiger partial charge in [-0.05, 0) is 36.8 Å². The van der Waals surface area contributed by atoms with Gasteiger partial charge in [0.15, 0.2) is 0 Å². The number of benzene rings is 1. The van der Waals surface area contributed by atoms with Crippen LogP contribution >= 0.6 is 0 Å². The Morgan fingerprint density at radius 1 is 0.857 bits per heavy atom. The summed E-state index contributed by atoms with van der Waals surface area (Å²) in [6.07, 6.45) is 9.09. The zero-order chi connectivity index (χ0) is 15.6. The smallest absolute Gasteiger partial charge is 0.0633 e. The van der Waals surface area contributed by atoms with Crippen LogP contribution in [-0.4, -0.2) is 29.0 Å². The van der Waals surface area contributed by atoms with Crippen molar-refractivity contribution in [2.75, 3.05) is 13.2 Å². The van der Waals surface area contributed by atoms with E-state index in [1.807, 2.05) is 0 Å². The summed E-state index contributed by atoms with van der Waals surface area (Å²) >= 11 is 0. The molecule has 120 valence electrons. The van der Waals surface area contributed by atoms with Gasteiger partial charge in [0, 0.05) is 0 Å². The van der Waals surface area contributed by atoms with E-state index in [0.29, 0.717) is 6.42 Å². The van der Waals surface area contributed by atoms with Crippen LogP contribution in [0.3, 0.4) is 0 Å². The van der Waals surface area contributed by atoms with Gasteiger partial charge in [-0.3, -0.25) is 0 Å². The molecule has 3 nitrogen and oxygen atoms in total. The van der Waals surface area contributed by atoms with Crippen molar-refractivity contribution < 1.29 is 10.2 Å². The highest BCUT2D eigenvalue weighted by Gasteiger charge is 2.22. The number of aliphatic hydroxyl groups excluding tert-OH is 2. The molecule has 0 fully saturated rings. The second kappa shape index (κ2) is 9.93. The Hall–Kier alpha value is -0.900. The molecule has 21 heavy (non-hydrogen) atoms. The molecule has 0 unspecified atom stereocenters. The van der Waals surface area contributed by atoms with E-state index in [4.69, 9.17) is 5.73 Å². The van der Waals surface area contributed by atoms with Crippen LogP contribution in [0.15, 0.2) is 24.3 Å². The monoisotopic (exact) mass is 293 g/mol. The SMILES string of the molecule is CCCCCCCc1ccc(CCC(N)(CO)CO)cc1. The minimum atomic E-state index is -0.863. The van der Waals surface area contributed by atoms with Crippen LogP contribution in [0.5, 0.6) is 0 Å². The standard InChI is InChI=1S/C18H31NO2/c1-2-3-4-5-6-7-16-8-10-17(11-9-16)12-13-18(19,14-20)15-21/h8-11,20-21H,2-7,12-15,19H2,1H3. The highest BCUT2D eigenvalue weighted by atomic mass is 16.3. The Bertz CT molecular complexity index is 371. The minimum absolute atomic E-state index is 0.181. The molecular weight excluding hydrogens is 262 g/mol. The first-order valence-corrected chi connectivity index (χ1v) is 8.22. The molecule has 0 spiro atoms. The predicted molar refractivity (Wildman–Crippen MR) is 88.3 cm³/mol. The molecule has 0 saturated carbocycles. The molecule has 0 aliphatic rings. The lowest BCUT2D eigenvalue weighted by molar-refractivity contribution is 0.115. The summed E-state index contributed by atoms with van der Waals surface area (Å²) in [6.45, 7) is 1.88. The third-order valence-corrected chi connectivity index (χ3v) is 4.13. The molecule has 1 aromatic rings. The lowest BCUT2D eigenvalue weighted by Crippen LogP contribution is -2.47. The van der Waals surface area contributed by atoms with Gasteiger partial charge >= 0.3 is 0 Å². The van der Waals surface area contributed by atoms with Gasteiger partial charge < -0.3 is 15.9 Å². The molecule has 0 bridgehead atoms. The maximum absolute atomic E-state index is 9.18. The summed E-state index contributed by atoms with van der Waals surface area (Å²) in [5, 5.41) is 18.4. The average molecular weight is 293 g/mol. The van der Waals surface area contributed by atoms with E-state index in [1.54, 1.807) is 0 Å². The maximum atomic E-state index is 9.18. The van der Waals surface area contributed by atoms with Crippen molar-refractivity contribution >= 4 is 0 Å². The Morgan fingerprint density at radius 2 is 1.38 bits per heavy atom. The van der Waals surface area contributed by atoms with Gasteiger partial charge in [0.05, 0.1) is 18.8 Å². The van der Waals surface area contributed by atoms with E-state index in [1.165, 1.54) is 43.2 Å². The van der Waals surface area contributed by atoms with Crippen molar-refractivity contribution in [1.29, 1.82) is 0 Å². The molecule has 0 heterocycles. The van der Waals surface area contributed by atoms with Gasteiger partial charge in [-0.2, -0.15) is 0 Å². The van der Waals surface area contributed by atoms with Crippen LogP contribution in [0, 0.1) is 0 Å². The van der Waals surface area contributed by atoms with Crippen LogP contribution in [0.25, 0.3) is 0 Å². The number of aliphatic hydroxyl groups is 2. The van der Waals surface area contributed by atoms with Crippen LogP contribution in [0.2, 0.25) is 0 Å². The van der Waals surface area contributed by atoms with Crippen LogP contribution in [0.4, 0.5) is 0 Å². The molecule has 0 atom stereocenters. The van der Waals surface area contributed by atoms with Crippen LogP contribution < -0.4 is 5.73 Å². The molecule has 3 heteroatoms. The van der Waals surface area contributed by atoms with Crippen molar-refractivity contribution in [1.82, 2.24) is 0 Å². The number of hydrogen-bond donors (Lipinski definition) is 3. The highest BCUT2D eigenvalue weighted by molar-refractivity contribution is 5.23. The van der Waals surface area contributed by atoms with E-state index < -0.39 is 5.54 Å². The number of unbranched alkanes of at least 4 members (excludes halogenated alkanes) is 4. The molecule has 0 aliphatic carbocycles. The maximum Gasteiger partial charge on any atom is 0.0633 e. The fourth-order valence-electron chi connectivity index (χ4n) is 2.41. The molecule has 0 aromatic heterocycles. The summed E-state index contributed by atoms with van der Waals surface area (Å²) in [6, 6.07) is 8.64. The second-order valence-electron chi connectivity index (χ2n) is 6.16. The first-order chi connectivity index (χ1) is 10.1. The minimum Gasteiger partial charge on any atom is -0.394 e. The third-order valence-electron chi connectivity index (χ3n) is 4.13. The largest absolute Gasteiger partial charge is 0.394 e. The van der Waals surface area contributed by atoms with Crippen LogP contribution in [-0.2, 0) is 12.8 Å². The van der Waals surface area contributed by atoms with Crippen molar-refractivity contribution in [2.24, 2.45) is 5.73 Å². The first-order valence-electron chi connectivity index (χ1n) is 8.22. The highest BCUT2D eigenvalue weighted by Crippen LogP contribution is 2.14. The van der Waals surface area contributed by atoms with Crippen molar-refractivity contribution in [3.8, 4) is 0 Å². The quantitative estimate of drug-likeness (QED) is 0.550. The van der Waals surface area contributed by atoms with Crippen molar-refractivity contribution in [3.05, 3.63) is 35.4 Å². The summed E-state index contributed by atoms with van der Waals surface area (Å²) in [5.41, 5.74) is 7.61. The number of hydrogen-bond acceptors (Lipinski definition) is 3. The van der Waals surface area contributed by atoms with Gasteiger partial charge in [0.2, 0.25) is 0 Å². The molecule has 0 amide bonds. The van der Waals surface area contributed by atoms with E-state index in [9.17, 15) is 10.2 Å². The molecule has 1 rings (SSSR count). The first kappa shape index (κ1) is 18.1. The Morgan fingerprint density at radius 3 is 1.90 bits per heavy atom. The number of nitrogens with two attached hydrogens (primary N) is 1. The van der Waals surface area contributed by atoms with Crippen LogP contribution in [0.1, 0.15) is 56.6 Å². The van der Waals surface area contributed by atoms with Gasteiger partial charge in [-0.1, -0.05) is 56.9 Å². The lowest BCUT2D eigenvalue weighted by Gasteiger charge is -2.24. The third kappa shape index (κ3) is 7.07. The number of aryl methyl sites for hydroxylation is 2. The van der Waals surface area contributed by atoms with Crippen molar-refractivity contribution in [3.63, 3.8) is 0 Å². The molecule has 0 aliphatic heterocycles. The lowest BCUT2D eigenvalue weighted by atomic mass is 9.93. The van der Waals surface area contributed by atoms with Crippen molar-refractivity contribution in [2.45, 2.75) is 63.8 Å². The zero-order valence-electron chi connectivity index (χ0n) is 13.4. The fourth-order valence-corrected chi connectivity index (χ4v) is 2.41. The fraction of sp³-hybridized carbons (Fsp3) is 0.667. The Kier molecular flexibility index (Phi) is 8.58. The van der Waals surface area contributed by atoms with E-state index >= 15 is 0 Å².